The Kier molecular flexibility index (Phi) is 7.71. The van der Waals surface area contributed by atoms with E-state index < -0.39 is 11.9 Å². The van der Waals surface area contributed by atoms with E-state index in [1.807, 2.05) is 6.07 Å². The Labute approximate surface area is 191 Å². The minimum absolute atomic E-state index is 0.0553. The van der Waals surface area contributed by atoms with Gasteiger partial charge < -0.3 is 24.8 Å². The normalized spacial score (nSPS) is 10.8. The standard InChI is InChI=1S/C25H28N2O6/c1-3-4-5-6-23(28)26-19-9-10-21-20(13-19)18(14-27(21)15-24(29)30)11-16-7-8-17(25(31)32)12-22(16)33-2/h7-10,12-14H,3-6,11,15H2,1-2H3,(H,26,28)(H,29,30)(H,31,32). The molecule has 0 aliphatic heterocycles. The van der Waals surface area contributed by atoms with Gasteiger partial charge >= 0.3 is 11.9 Å². The van der Waals surface area contributed by atoms with Gasteiger partial charge in [0.05, 0.1) is 12.7 Å². The molecule has 2 aromatic carbocycles. The predicted octanol–water partition coefficient (Wildman–Crippen LogP) is 4.54. The number of ether oxygens (including phenoxy) is 1. The van der Waals surface area contributed by atoms with Crippen LogP contribution in [0.15, 0.2) is 42.6 Å². The summed E-state index contributed by atoms with van der Waals surface area (Å²) in [7, 11) is 1.48. The smallest absolute Gasteiger partial charge is 0.335 e. The molecule has 33 heavy (non-hydrogen) atoms. The third kappa shape index (κ3) is 5.91. The van der Waals surface area contributed by atoms with Crippen LogP contribution >= 0.6 is 0 Å². The van der Waals surface area contributed by atoms with Crippen molar-refractivity contribution >= 4 is 34.4 Å². The Morgan fingerprint density at radius 2 is 1.82 bits per heavy atom. The molecule has 8 heteroatoms. The number of nitrogens with one attached hydrogen (secondary N) is 1. The molecule has 0 radical (unpaired) electrons. The van der Waals surface area contributed by atoms with E-state index in [1.54, 1.807) is 29.0 Å². The Morgan fingerprint density at radius 1 is 1.03 bits per heavy atom. The molecular weight excluding hydrogens is 424 g/mol. The summed E-state index contributed by atoms with van der Waals surface area (Å²) in [6.07, 6.45) is 5.49. The number of nitrogens with zero attached hydrogens (tertiary/aromatic N) is 1. The van der Waals surface area contributed by atoms with Gasteiger partial charge in [-0.25, -0.2) is 4.79 Å². The summed E-state index contributed by atoms with van der Waals surface area (Å²) in [5.41, 5.74) is 3.11. The first-order chi connectivity index (χ1) is 15.8. The number of benzene rings is 2. The zero-order valence-corrected chi connectivity index (χ0v) is 18.8. The lowest BCUT2D eigenvalue weighted by molar-refractivity contribution is -0.137. The van der Waals surface area contributed by atoms with E-state index in [9.17, 15) is 24.6 Å². The molecule has 0 saturated carbocycles. The Balaban J connectivity index is 1.96. The van der Waals surface area contributed by atoms with E-state index in [-0.39, 0.29) is 18.0 Å². The molecular formula is C25H28N2O6. The molecule has 3 rings (SSSR count). The number of anilines is 1. The summed E-state index contributed by atoms with van der Waals surface area (Å²) in [6.45, 7) is 1.88. The van der Waals surface area contributed by atoms with Crippen molar-refractivity contribution in [3.05, 3.63) is 59.3 Å². The maximum absolute atomic E-state index is 12.3. The van der Waals surface area contributed by atoms with Gasteiger partial charge in [-0.15, -0.1) is 0 Å². The number of aliphatic carboxylic acids is 1. The fourth-order valence-electron chi connectivity index (χ4n) is 3.85. The second-order valence-electron chi connectivity index (χ2n) is 7.92. The first-order valence-corrected chi connectivity index (χ1v) is 10.9. The lowest BCUT2D eigenvalue weighted by Crippen LogP contribution is -2.11. The largest absolute Gasteiger partial charge is 0.496 e. The first kappa shape index (κ1) is 23.8. The molecule has 174 valence electrons. The molecule has 0 aliphatic rings. The van der Waals surface area contributed by atoms with Gasteiger partial charge in [0.15, 0.2) is 0 Å². The highest BCUT2D eigenvalue weighted by atomic mass is 16.5. The van der Waals surface area contributed by atoms with E-state index in [0.717, 1.165) is 41.3 Å². The number of carbonyl (C=O) groups excluding carboxylic acids is 1. The number of carboxylic acids is 2. The molecule has 3 aromatic rings. The van der Waals surface area contributed by atoms with Crippen molar-refractivity contribution in [1.29, 1.82) is 0 Å². The molecule has 0 spiro atoms. The van der Waals surface area contributed by atoms with Crippen molar-refractivity contribution in [2.45, 2.75) is 45.6 Å². The van der Waals surface area contributed by atoms with E-state index >= 15 is 0 Å². The Bertz CT molecular complexity index is 1180. The number of methoxy groups -OCH3 is 1. The highest BCUT2D eigenvalue weighted by Crippen LogP contribution is 2.30. The third-order valence-electron chi connectivity index (χ3n) is 5.48. The number of carboxylic acid groups (broad SMARTS) is 2. The lowest BCUT2D eigenvalue weighted by atomic mass is 10.0. The monoisotopic (exact) mass is 452 g/mol. The highest BCUT2D eigenvalue weighted by molar-refractivity contribution is 5.95. The highest BCUT2D eigenvalue weighted by Gasteiger charge is 2.16. The first-order valence-electron chi connectivity index (χ1n) is 10.9. The van der Waals surface area contributed by atoms with Crippen LogP contribution in [0.1, 0.15) is 54.1 Å². The molecule has 1 heterocycles. The summed E-state index contributed by atoms with van der Waals surface area (Å²) < 4.78 is 7.04. The van der Waals surface area contributed by atoms with Gasteiger partial charge in [-0.1, -0.05) is 25.8 Å². The van der Waals surface area contributed by atoms with E-state index in [0.29, 0.717) is 24.3 Å². The molecule has 1 amide bonds. The molecule has 8 nitrogen and oxygen atoms in total. The van der Waals surface area contributed by atoms with Crippen molar-refractivity contribution in [2.24, 2.45) is 0 Å². The quantitative estimate of drug-likeness (QED) is 0.368. The molecule has 0 fully saturated rings. The van der Waals surface area contributed by atoms with Crippen LogP contribution in [0.25, 0.3) is 10.9 Å². The average molecular weight is 453 g/mol. The summed E-state index contributed by atoms with van der Waals surface area (Å²) in [5, 5.41) is 22.3. The number of fused-ring (bicyclic) bond motifs is 1. The number of hydrogen-bond acceptors (Lipinski definition) is 4. The van der Waals surface area contributed by atoms with Crippen LogP contribution < -0.4 is 10.1 Å². The minimum Gasteiger partial charge on any atom is -0.496 e. The molecule has 3 N–H and O–H groups in total. The van der Waals surface area contributed by atoms with Gasteiger partial charge in [0.1, 0.15) is 12.3 Å². The van der Waals surface area contributed by atoms with Crippen LogP contribution in [0.3, 0.4) is 0 Å². The Hall–Kier alpha value is -3.81. The number of aromatic carboxylic acids is 1. The molecule has 0 aliphatic carbocycles. The molecule has 0 atom stereocenters. The summed E-state index contributed by atoms with van der Waals surface area (Å²) in [5.74, 6) is -1.62. The second kappa shape index (κ2) is 10.7. The van der Waals surface area contributed by atoms with Crippen LogP contribution in [0.4, 0.5) is 5.69 Å². The summed E-state index contributed by atoms with van der Waals surface area (Å²) >= 11 is 0. The van der Waals surface area contributed by atoms with Crippen molar-refractivity contribution in [1.82, 2.24) is 4.57 Å². The lowest BCUT2D eigenvalue weighted by Gasteiger charge is -2.10. The molecule has 0 saturated heterocycles. The second-order valence-corrected chi connectivity index (χ2v) is 7.92. The minimum atomic E-state index is -1.04. The van der Waals surface area contributed by atoms with Gasteiger partial charge in [-0.3, -0.25) is 9.59 Å². The zero-order valence-electron chi connectivity index (χ0n) is 18.8. The molecule has 0 bridgehead atoms. The van der Waals surface area contributed by atoms with Crippen LogP contribution in [0, 0.1) is 0 Å². The van der Waals surface area contributed by atoms with Crippen molar-refractivity contribution < 1.29 is 29.3 Å². The number of rotatable bonds is 11. The van der Waals surface area contributed by atoms with Crippen LogP contribution in [-0.2, 0) is 22.6 Å². The van der Waals surface area contributed by atoms with Crippen LogP contribution in [-0.4, -0.2) is 39.7 Å². The zero-order chi connectivity index (χ0) is 24.0. The number of carbonyl (C=O) groups is 3. The maximum Gasteiger partial charge on any atom is 0.335 e. The topological polar surface area (TPSA) is 118 Å². The fourth-order valence-corrected chi connectivity index (χ4v) is 3.85. The SMILES string of the molecule is CCCCCC(=O)Nc1ccc2c(c1)c(Cc1ccc(C(=O)O)cc1OC)cn2CC(=O)O. The van der Waals surface area contributed by atoms with Gasteiger partial charge in [-0.2, -0.15) is 0 Å². The van der Waals surface area contributed by atoms with E-state index in [4.69, 9.17) is 4.74 Å². The van der Waals surface area contributed by atoms with Crippen molar-refractivity contribution in [3.8, 4) is 5.75 Å². The van der Waals surface area contributed by atoms with Gasteiger partial charge in [-0.05, 0) is 47.9 Å². The third-order valence-corrected chi connectivity index (χ3v) is 5.48. The van der Waals surface area contributed by atoms with Gasteiger partial charge in [0.25, 0.3) is 0 Å². The summed E-state index contributed by atoms with van der Waals surface area (Å²) in [6, 6.07) is 10.1. The van der Waals surface area contributed by atoms with E-state index in [2.05, 4.69) is 12.2 Å². The molecule has 0 unspecified atom stereocenters. The van der Waals surface area contributed by atoms with Crippen molar-refractivity contribution in [3.63, 3.8) is 0 Å². The predicted molar refractivity (Wildman–Crippen MR) is 125 cm³/mol. The molecule has 1 aromatic heterocycles. The van der Waals surface area contributed by atoms with Crippen LogP contribution in [0.5, 0.6) is 5.75 Å². The number of hydrogen-bond donors (Lipinski definition) is 3. The van der Waals surface area contributed by atoms with Gasteiger partial charge in [0.2, 0.25) is 5.91 Å². The van der Waals surface area contributed by atoms with E-state index in [1.165, 1.54) is 19.2 Å². The number of unbranched alkanes of at least 4 members (excludes halogenated alkanes) is 2. The number of amides is 1. The maximum atomic E-state index is 12.3. The fraction of sp³-hybridized carbons (Fsp3) is 0.320. The van der Waals surface area contributed by atoms with Gasteiger partial charge in [0, 0.05) is 35.6 Å². The average Bonchev–Trinajstić information content (AvgIpc) is 3.09. The summed E-state index contributed by atoms with van der Waals surface area (Å²) in [4.78, 5) is 34.9. The van der Waals surface area contributed by atoms with Crippen molar-refractivity contribution in [2.75, 3.05) is 12.4 Å². The van der Waals surface area contributed by atoms with Crippen LogP contribution in [0.2, 0.25) is 0 Å². The number of aromatic nitrogens is 1. The Morgan fingerprint density at radius 3 is 2.48 bits per heavy atom.